The Morgan fingerprint density at radius 1 is 1.35 bits per heavy atom. The maximum absolute atomic E-state index is 12.6. The summed E-state index contributed by atoms with van der Waals surface area (Å²) >= 11 is 0. The van der Waals surface area contributed by atoms with Crippen molar-refractivity contribution < 1.29 is 4.79 Å². The first-order valence-electron chi connectivity index (χ1n) is 8.21. The van der Waals surface area contributed by atoms with Crippen LogP contribution in [0.15, 0.2) is 42.7 Å². The summed E-state index contributed by atoms with van der Waals surface area (Å²) in [5.74, 6) is 1.52. The normalized spacial score (nSPS) is 27.7. The lowest BCUT2D eigenvalue weighted by Crippen LogP contribution is -2.37. The van der Waals surface area contributed by atoms with Crippen LogP contribution in [0.5, 0.6) is 0 Å². The molecule has 23 heavy (non-hydrogen) atoms. The zero-order chi connectivity index (χ0) is 15.9. The molecule has 0 aliphatic carbocycles. The van der Waals surface area contributed by atoms with Crippen LogP contribution in [0.25, 0.3) is 0 Å². The lowest BCUT2D eigenvalue weighted by atomic mass is 9.73. The first-order valence-corrected chi connectivity index (χ1v) is 8.21. The molecule has 2 aliphatic rings. The Morgan fingerprint density at radius 2 is 2.17 bits per heavy atom. The van der Waals surface area contributed by atoms with Crippen molar-refractivity contribution in [2.75, 3.05) is 19.6 Å². The molecule has 5 heteroatoms. The summed E-state index contributed by atoms with van der Waals surface area (Å²) in [4.78, 5) is 19.5. The van der Waals surface area contributed by atoms with E-state index in [2.05, 4.69) is 44.0 Å². The molecule has 0 unspecified atom stereocenters. The zero-order valence-electron chi connectivity index (χ0n) is 13.4. The molecule has 2 saturated heterocycles. The number of aryl methyl sites for hydroxylation is 1. The lowest BCUT2D eigenvalue weighted by Gasteiger charge is -2.27. The second-order valence-corrected chi connectivity index (χ2v) is 6.75. The smallest absolute Gasteiger partial charge is 0.228 e. The largest absolute Gasteiger partial charge is 0.356 e. The average Bonchev–Trinajstić information content (AvgIpc) is 3.24. The summed E-state index contributed by atoms with van der Waals surface area (Å²) in [6, 6.07) is 10.5. The third kappa shape index (κ3) is 2.36. The van der Waals surface area contributed by atoms with Crippen LogP contribution >= 0.6 is 0 Å². The SMILES string of the molecule is Cn1ccnc1CN1C[C@H](c2ccccc2)[C@]2(CCNC2=O)C1. The molecular formula is C18H22N4O. The number of carbonyl (C=O) groups is 1. The minimum atomic E-state index is -0.285. The van der Waals surface area contributed by atoms with Gasteiger partial charge in [0, 0.05) is 45.0 Å². The van der Waals surface area contributed by atoms with Crippen molar-refractivity contribution >= 4 is 5.91 Å². The van der Waals surface area contributed by atoms with Gasteiger partial charge in [-0.2, -0.15) is 0 Å². The molecule has 1 spiro atoms. The summed E-state index contributed by atoms with van der Waals surface area (Å²) in [6.45, 7) is 3.30. The minimum Gasteiger partial charge on any atom is -0.356 e. The van der Waals surface area contributed by atoms with Crippen molar-refractivity contribution in [1.82, 2.24) is 19.8 Å². The Labute approximate surface area is 136 Å². The van der Waals surface area contributed by atoms with Gasteiger partial charge in [0.2, 0.25) is 5.91 Å². The van der Waals surface area contributed by atoms with E-state index in [9.17, 15) is 4.79 Å². The highest BCUT2D eigenvalue weighted by molar-refractivity contribution is 5.86. The Balaban J connectivity index is 1.64. The fourth-order valence-electron chi connectivity index (χ4n) is 4.16. The van der Waals surface area contributed by atoms with Crippen molar-refractivity contribution in [2.24, 2.45) is 12.5 Å². The van der Waals surface area contributed by atoms with E-state index in [0.717, 1.165) is 38.4 Å². The van der Waals surface area contributed by atoms with Crippen LogP contribution in [-0.4, -0.2) is 40.0 Å². The number of aromatic nitrogens is 2. The number of likely N-dealkylation sites (tertiary alicyclic amines) is 1. The maximum Gasteiger partial charge on any atom is 0.228 e. The molecule has 1 N–H and O–H groups in total. The van der Waals surface area contributed by atoms with Crippen LogP contribution in [0.1, 0.15) is 23.7 Å². The highest BCUT2D eigenvalue weighted by Crippen LogP contribution is 2.47. The van der Waals surface area contributed by atoms with Crippen molar-refractivity contribution in [3.63, 3.8) is 0 Å². The van der Waals surface area contributed by atoms with E-state index in [1.807, 2.05) is 25.5 Å². The van der Waals surface area contributed by atoms with E-state index >= 15 is 0 Å². The molecule has 0 radical (unpaired) electrons. The first-order chi connectivity index (χ1) is 11.2. The molecule has 1 amide bonds. The summed E-state index contributed by atoms with van der Waals surface area (Å²) in [5, 5.41) is 3.06. The van der Waals surface area contributed by atoms with Gasteiger partial charge in [0.15, 0.2) is 0 Å². The van der Waals surface area contributed by atoms with Crippen LogP contribution in [0, 0.1) is 5.41 Å². The first kappa shape index (κ1) is 14.5. The van der Waals surface area contributed by atoms with Crippen molar-refractivity contribution in [3.8, 4) is 0 Å². The van der Waals surface area contributed by atoms with E-state index in [0.29, 0.717) is 0 Å². The van der Waals surface area contributed by atoms with Gasteiger partial charge in [-0.05, 0) is 12.0 Å². The summed E-state index contributed by atoms with van der Waals surface area (Å²) < 4.78 is 2.05. The van der Waals surface area contributed by atoms with E-state index in [1.165, 1.54) is 5.56 Å². The van der Waals surface area contributed by atoms with Gasteiger partial charge in [0.1, 0.15) is 5.82 Å². The fraction of sp³-hybridized carbons (Fsp3) is 0.444. The predicted molar refractivity (Wildman–Crippen MR) is 87.7 cm³/mol. The standard InChI is InChI=1S/C18H22N4O/c1-21-10-9-19-16(21)12-22-11-15(14-5-3-2-4-6-14)18(13-22)7-8-20-17(18)23/h2-6,9-10,15H,7-8,11-13H2,1H3,(H,20,23)/t15-,18+/m1/s1. The number of benzene rings is 1. The third-order valence-electron chi connectivity index (χ3n) is 5.41. The predicted octanol–water partition coefficient (Wildman–Crippen LogP) is 1.53. The third-order valence-corrected chi connectivity index (χ3v) is 5.41. The average molecular weight is 310 g/mol. The van der Waals surface area contributed by atoms with Gasteiger partial charge >= 0.3 is 0 Å². The van der Waals surface area contributed by atoms with Crippen LogP contribution in [0.3, 0.4) is 0 Å². The number of rotatable bonds is 3. The molecule has 0 saturated carbocycles. The zero-order valence-corrected chi connectivity index (χ0v) is 13.4. The summed E-state index contributed by atoms with van der Waals surface area (Å²) in [5.41, 5.74) is 0.985. The molecule has 120 valence electrons. The molecule has 2 atom stereocenters. The lowest BCUT2D eigenvalue weighted by molar-refractivity contribution is -0.127. The second-order valence-electron chi connectivity index (χ2n) is 6.75. The van der Waals surface area contributed by atoms with Crippen molar-refractivity contribution in [3.05, 3.63) is 54.1 Å². The number of hydrogen-bond acceptors (Lipinski definition) is 3. The molecular weight excluding hydrogens is 288 g/mol. The molecule has 1 aromatic carbocycles. The second kappa shape index (κ2) is 5.49. The van der Waals surface area contributed by atoms with E-state index in [1.54, 1.807) is 0 Å². The Morgan fingerprint density at radius 3 is 2.83 bits per heavy atom. The molecule has 2 aromatic rings. The molecule has 2 fully saturated rings. The van der Waals surface area contributed by atoms with Crippen molar-refractivity contribution in [2.45, 2.75) is 18.9 Å². The van der Waals surface area contributed by atoms with Crippen LogP contribution in [0.4, 0.5) is 0 Å². The van der Waals surface area contributed by atoms with Gasteiger partial charge < -0.3 is 9.88 Å². The number of nitrogens with zero attached hydrogens (tertiary/aromatic N) is 3. The van der Waals surface area contributed by atoms with Gasteiger partial charge in [-0.25, -0.2) is 4.98 Å². The quantitative estimate of drug-likeness (QED) is 0.935. The molecule has 4 rings (SSSR count). The van der Waals surface area contributed by atoms with Crippen molar-refractivity contribution in [1.29, 1.82) is 0 Å². The van der Waals surface area contributed by atoms with Gasteiger partial charge in [-0.15, -0.1) is 0 Å². The number of imidazole rings is 1. The number of carbonyl (C=O) groups excluding carboxylic acids is 1. The summed E-state index contributed by atoms with van der Waals surface area (Å²) in [6.07, 6.45) is 4.72. The van der Waals surface area contributed by atoms with Gasteiger partial charge in [-0.3, -0.25) is 9.69 Å². The van der Waals surface area contributed by atoms with E-state index in [-0.39, 0.29) is 17.2 Å². The molecule has 5 nitrogen and oxygen atoms in total. The minimum absolute atomic E-state index is 0.216. The van der Waals surface area contributed by atoms with Gasteiger partial charge in [0.25, 0.3) is 0 Å². The number of amides is 1. The topological polar surface area (TPSA) is 50.2 Å². The number of nitrogens with one attached hydrogen (secondary N) is 1. The van der Waals surface area contributed by atoms with Crippen LogP contribution < -0.4 is 5.32 Å². The monoisotopic (exact) mass is 310 g/mol. The van der Waals surface area contributed by atoms with E-state index < -0.39 is 0 Å². The highest BCUT2D eigenvalue weighted by Gasteiger charge is 2.54. The molecule has 2 aliphatic heterocycles. The Kier molecular flexibility index (Phi) is 3.45. The summed E-state index contributed by atoms with van der Waals surface area (Å²) in [7, 11) is 2.02. The van der Waals surface area contributed by atoms with Gasteiger partial charge in [-0.1, -0.05) is 30.3 Å². The van der Waals surface area contributed by atoms with Crippen LogP contribution in [-0.2, 0) is 18.4 Å². The molecule has 0 bridgehead atoms. The maximum atomic E-state index is 12.6. The van der Waals surface area contributed by atoms with Gasteiger partial charge in [0.05, 0.1) is 12.0 Å². The fourth-order valence-corrected chi connectivity index (χ4v) is 4.16. The molecule has 3 heterocycles. The Hall–Kier alpha value is -2.14. The van der Waals surface area contributed by atoms with Crippen LogP contribution in [0.2, 0.25) is 0 Å². The van der Waals surface area contributed by atoms with E-state index in [4.69, 9.17) is 0 Å². The highest BCUT2D eigenvalue weighted by atomic mass is 16.2. The molecule has 1 aromatic heterocycles. The number of hydrogen-bond donors (Lipinski definition) is 1. The Bertz CT molecular complexity index is 711.